The molecule has 0 saturated heterocycles. The molecule has 142 valence electrons. The summed E-state index contributed by atoms with van der Waals surface area (Å²) in [7, 11) is 0. The Bertz CT molecular complexity index is 810. The Labute approximate surface area is 162 Å². The monoisotopic (exact) mass is 387 g/mol. The molecule has 0 spiro atoms. The van der Waals surface area contributed by atoms with Crippen LogP contribution < -0.4 is 14.8 Å². The summed E-state index contributed by atoms with van der Waals surface area (Å²) in [5.41, 5.74) is 1.10. The van der Waals surface area contributed by atoms with Crippen LogP contribution in [0, 0.1) is 6.92 Å². The molecule has 1 aliphatic rings. The largest absolute Gasteiger partial charge is 0.486 e. The summed E-state index contributed by atoms with van der Waals surface area (Å²) in [5.74, 6) is 0.716. The number of carbonyl (C=O) groups is 2. The second-order valence-electron chi connectivity index (χ2n) is 6.02. The second-order valence-corrected chi connectivity index (χ2v) is 7.03. The molecule has 0 fully saturated rings. The van der Waals surface area contributed by atoms with Crippen LogP contribution >= 0.6 is 11.8 Å². The van der Waals surface area contributed by atoms with Crippen LogP contribution in [-0.2, 0) is 14.3 Å². The summed E-state index contributed by atoms with van der Waals surface area (Å²) >= 11 is 1.39. The van der Waals surface area contributed by atoms with Gasteiger partial charge in [-0.15, -0.1) is 11.8 Å². The van der Waals surface area contributed by atoms with Crippen LogP contribution in [0.3, 0.4) is 0 Å². The van der Waals surface area contributed by atoms with Crippen molar-refractivity contribution in [1.82, 2.24) is 5.32 Å². The summed E-state index contributed by atoms with van der Waals surface area (Å²) in [6.07, 6.45) is -0.281. The third-order valence-electron chi connectivity index (χ3n) is 3.90. The average molecular weight is 387 g/mol. The van der Waals surface area contributed by atoms with Crippen molar-refractivity contribution in [3.8, 4) is 11.5 Å². The molecule has 1 atom stereocenters. The number of rotatable bonds is 7. The van der Waals surface area contributed by atoms with E-state index in [-0.39, 0.29) is 30.9 Å². The number of ether oxygens (including phenoxy) is 3. The first-order chi connectivity index (χ1) is 13.1. The van der Waals surface area contributed by atoms with E-state index in [4.69, 9.17) is 14.2 Å². The van der Waals surface area contributed by atoms with Gasteiger partial charge >= 0.3 is 5.97 Å². The predicted octanol–water partition coefficient (Wildman–Crippen LogP) is 2.59. The predicted molar refractivity (Wildman–Crippen MR) is 102 cm³/mol. The van der Waals surface area contributed by atoms with Crippen molar-refractivity contribution in [2.45, 2.75) is 17.9 Å². The van der Waals surface area contributed by atoms with Crippen LogP contribution in [0.5, 0.6) is 11.5 Å². The standard InChI is InChI=1S/C20H21NO5S/c1-14-6-2-5-9-18(14)27-13-20(23)25-12-19(22)21-10-15-11-24-16-7-3-4-8-17(16)26-15/h2-9,15H,10-13H2,1H3,(H,21,22). The Morgan fingerprint density at radius 2 is 1.89 bits per heavy atom. The molecule has 7 heteroatoms. The van der Waals surface area contributed by atoms with Crippen LogP contribution in [0.1, 0.15) is 5.56 Å². The van der Waals surface area contributed by atoms with E-state index in [1.807, 2.05) is 55.5 Å². The van der Waals surface area contributed by atoms with Crippen LogP contribution in [0.25, 0.3) is 0 Å². The molecule has 2 aromatic carbocycles. The molecule has 1 heterocycles. The quantitative estimate of drug-likeness (QED) is 0.582. The van der Waals surface area contributed by atoms with Gasteiger partial charge in [0.2, 0.25) is 0 Å². The van der Waals surface area contributed by atoms with E-state index in [2.05, 4.69) is 5.32 Å². The number of hydrogen-bond donors (Lipinski definition) is 1. The van der Waals surface area contributed by atoms with Crippen LogP contribution in [0.2, 0.25) is 0 Å². The van der Waals surface area contributed by atoms with Gasteiger partial charge in [-0.3, -0.25) is 9.59 Å². The number of aryl methyl sites for hydroxylation is 1. The highest BCUT2D eigenvalue weighted by atomic mass is 32.2. The van der Waals surface area contributed by atoms with Gasteiger partial charge in [0, 0.05) is 4.90 Å². The fraction of sp³-hybridized carbons (Fsp3) is 0.300. The fourth-order valence-electron chi connectivity index (χ4n) is 2.49. The molecule has 1 N–H and O–H groups in total. The van der Waals surface area contributed by atoms with Crippen LogP contribution in [0.15, 0.2) is 53.4 Å². The number of hydrogen-bond acceptors (Lipinski definition) is 6. The minimum Gasteiger partial charge on any atom is -0.486 e. The maximum atomic E-state index is 11.9. The Balaban J connectivity index is 1.34. The summed E-state index contributed by atoms with van der Waals surface area (Å²) in [5, 5.41) is 2.69. The molecule has 1 unspecified atom stereocenters. The number of benzene rings is 2. The first kappa shape index (κ1) is 19.1. The van der Waals surface area contributed by atoms with Crippen molar-refractivity contribution >= 4 is 23.6 Å². The zero-order valence-electron chi connectivity index (χ0n) is 15.0. The minimum atomic E-state index is -0.426. The molecule has 0 aromatic heterocycles. The van der Waals surface area contributed by atoms with E-state index in [1.165, 1.54) is 11.8 Å². The van der Waals surface area contributed by atoms with Crippen molar-refractivity contribution < 1.29 is 23.8 Å². The van der Waals surface area contributed by atoms with E-state index < -0.39 is 5.97 Å². The first-order valence-electron chi connectivity index (χ1n) is 8.61. The van der Waals surface area contributed by atoms with Crippen molar-refractivity contribution in [3.63, 3.8) is 0 Å². The molecule has 1 amide bonds. The Kier molecular flexibility index (Phi) is 6.59. The van der Waals surface area contributed by atoms with Crippen molar-refractivity contribution in [3.05, 3.63) is 54.1 Å². The summed E-state index contributed by atoms with van der Waals surface area (Å²) < 4.78 is 16.4. The molecule has 0 saturated carbocycles. The molecular weight excluding hydrogens is 366 g/mol. The van der Waals surface area contributed by atoms with Crippen molar-refractivity contribution in [2.24, 2.45) is 0 Å². The Morgan fingerprint density at radius 3 is 2.70 bits per heavy atom. The van der Waals surface area contributed by atoms with Gasteiger partial charge in [0.15, 0.2) is 18.1 Å². The fourth-order valence-corrected chi connectivity index (χ4v) is 3.31. The second kappa shape index (κ2) is 9.32. The normalized spacial score (nSPS) is 15.1. The zero-order valence-corrected chi connectivity index (χ0v) is 15.8. The summed E-state index contributed by atoms with van der Waals surface area (Å²) in [6.45, 7) is 2.31. The van der Waals surface area contributed by atoms with Crippen LogP contribution in [0.4, 0.5) is 0 Å². The SMILES string of the molecule is Cc1ccccc1SCC(=O)OCC(=O)NCC1COc2ccccc2O1. The smallest absolute Gasteiger partial charge is 0.316 e. The lowest BCUT2D eigenvalue weighted by atomic mass is 10.2. The molecule has 1 aliphatic heterocycles. The minimum absolute atomic E-state index is 0.161. The lowest BCUT2D eigenvalue weighted by Crippen LogP contribution is -2.42. The summed E-state index contributed by atoms with van der Waals surface area (Å²) in [6, 6.07) is 15.2. The van der Waals surface area contributed by atoms with Gasteiger partial charge in [-0.1, -0.05) is 30.3 Å². The van der Waals surface area contributed by atoms with E-state index >= 15 is 0 Å². The first-order valence-corrected chi connectivity index (χ1v) is 9.59. The number of amides is 1. The van der Waals surface area contributed by atoms with Gasteiger partial charge in [0.25, 0.3) is 5.91 Å². The highest BCUT2D eigenvalue weighted by Gasteiger charge is 2.21. The number of para-hydroxylation sites is 2. The maximum absolute atomic E-state index is 11.9. The highest BCUT2D eigenvalue weighted by Crippen LogP contribution is 2.30. The number of fused-ring (bicyclic) bond motifs is 1. The molecule has 2 aromatic rings. The molecule has 0 bridgehead atoms. The van der Waals surface area contributed by atoms with Gasteiger partial charge in [0.1, 0.15) is 12.7 Å². The Hall–Kier alpha value is -2.67. The van der Waals surface area contributed by atoms with Crippen molar-refractivity contribution in [2.75, 3.05) is 25.5 Å². The summed E-state index contributed by atoms with van der Waals surface area (Å²) in [4.78, 5) is 24.7. The number of esters is 1. The molecular formula is C20H21NO5S. The van der Waals surface area contributed by atoms with E-state index in [0.29, 0.717) is 18.1 Å². The molecule has 6 nitrogen and oxygen atoms in total. The number of nitrogens with one attached hydrogen (secondary N) is 1. The van der Waals surface area contributed by atoms with E-state index in [1.54, 1.807) is 0 Å². The molecule has 27 heavy (non-hydrogen) atoms. The number of thioether (sulfide) groups is 1. The molecule has 0 aliphatic carbocycles. The third-order valence-corrected chi connectivity index (χ3v) is 5.05. The van der Waals surface area contributed by atoms with Crippen LogP contribution in [-0.4, -0.2) is 43.5 Å². The lowest BCUT2D eigenvalue weighted by molar-refractivity contribution is -0.146. The highest BCUT2D eigenvalue weighted by molar-refractivity contribution is 8.00. The average Bonchev–Trinajstić information content (AvgIpc) is 2.70. The van der Waals surface area contributed by atoms with E-state index in [0.717, 1.165) is 10.5 Å². The topological polar surface area (TPSA) is 73.9 Å². The number of carbonyl (C=O) groups excluding carboxylic acids is 2. The van der Waals surface area contributed by atoms with Gasteiger partial charge in [0.05, 0.1) is 12.3 Å². The van der Waals surface area contributed by atoms with Gasteiger partial charge in [-0.25, -0.2) is 0 Å². The van der Waals surface area contributed by atoms with Crippen molar-refractivity contribution in [1.29, 1.82) is 0 Å². The van der Waals surface area contributed by atoms with E-state index in [9.17, 15) is 9.59 Å². The van der Waals surface area contributed by atoms with Gasteiger partial charge < -0.3 is 19.5 Å². The maximum Gasteiger partial charge on any atom is 0.316 e. The molecule has 3 rings (SSSR count). The van der Waals surface area contributed by atoms with Gasteiger partial charge in [-0.05, 0) is 30.7 Å². The zero-order chi connectivity index (χ0) is 19.1. The lowest BCUT2D eigenvalue weighted by Gasteiger charge is -2.26. The van der Waals surface area contributed by atoms with Gasteiger partial charge in [-0.2, -0.15) is 0 Å². The third kappa shape index (κ3) is 5.65. The Morgan fingerprint density at radius 1 is 1.15 bits per heavy atom. The molecule has 0 radical (unpaired) electrons.